The Morgan fingerprint density at radius 3 is 3.06 bits per heavy atom. The van der Waals surface area contributed by atoms with Gasteiger partial charge in [0.05, 0.1) is 17.6 Å². The Balaban J connectivity index is 2.07. The Labute approximate surface area is 110 Å². The van der Waals surface area contributed by atoms with Crippen molar-refractivity contribution in [1.82, 2.24) is 10.3 Å². The fraction of sp³-hybridized carbons (Fsp3) is 0.0909. The van der Waals surface area contributed by atoms with Crippen LogP contribution >= 0.6 is 27.3 Å². The van der Waals surface area contributed by atoms with Crippen LogP contribution in [0.4, 0.5) is 4.39 Å². The molecule has 0 saturated heterocycles. The van der Waals surface area contributed by atoms with Gasteiger partial charge in [0.25, 0.3) is 5.91 Å². The van der Waals surface area contributed by atoms with E-state index in [1.165, 1.54) is 29.5 Å². The van der Waals surface area contributed by atoms with Gasteiger partial charge in [-0.05, 0) is 34.1 Å². The largest absolute Gasteiger partial charge is 0.347 e. The van der Waals surface area contributed by atoms with Crippen molar-refractivity contribution in [3.05, 3.63) is 50.6 Å². The van der Waals surface area contributed by atoms with Gasteiger partial charge >= 0.3 is 0 Å². The van der Waals surface area contributed by atoms with Gasteiger partial charge in [-0.2, -0.15) is 0 Å². The van der Waals surface area contributed by atoms with E-state index in [0.29, 0.717) is 11.0 Å². The van der Waals surface area contributed by atoms with Crippen LogP contribution in [0.2, 0.25) is 0 Å². The Kier molecular flexibility index (Phi) is 3.86. The first-order valence-corrected chi connectivity index (χ1v) is 6.44. The van der Waals surface area contributed by atoms with Gasteiger partial charge in [-0.3, -0.25) is 9.78 Å². The fourth-order valence-electron chi connectivity index (χ4n) is 1.26. The SMILES string of the molecule is O=C(NCc1cncs1)c1cc(F)ccc1Br. The van der Waals surface area contributed by atoms with Crippen LogP contribution in [0.1, 0.15) is 15.2 Å². The first kappa shape index (κ1) is 12.2. The van der Waals surface area contributed by atoms with Gasteiger partial charge in [-0.25, -0.2) is 4.39 Å². The minimum atomic E-state index is -0.434. The highest BCUT2D eigenvalue weighted by Gasteiger charge is 2.10. The highest BCUT2D eigenvalue weighted by Crippen LogP contribution is 2.18. The van der Waals surface area contributed by atoms with Gasteiger partial charge in [-0.1, -0.05) is 0 Å². The summed E-state index contributed by atoms with van der Waals surface area (Å²) in [5.74, 6) is -0.749. The lowest BCUT2D eigenvalue weighted by Gasteiger charge is -2.05. The second-order valence-corrected chi connectivity index (χ2v) is 5.10. The molecule has 1 amide bonds. The maximum absolute atomic E-state index is 13.0. The number of carbonyl (C=O) groups excluding carboxylic acids is 1. The van der Waals surface area contributed by atoms with Crippen LogP contribution in [0.15, 0.2) is 34.4 Å². The van der Waals surface area contributed by atoms with E-state index in [1.807, 2.05) is 0 Å². The van der Waals surface area contributed by atoms with E-state index in [2.05, 4.69) is 26.2 Å². The first-order chi connectivity index (χ1) is 8.16. The predicted molar refractivity (Wildman–Crippen MR) is 67.4 cm³/mol. The molecule has 0 fully saturated rings. The second-order valence-electron chi connectivity index (χ2n) is 3.27. The van der Waals surface area contributed by atoms with Crippen LogP contribution in [0.25, 0.3) is 0 Å². The van der Waals surface area contributed by atoms with Crippen LogP contribution in [0.5, 0.6) is 0 Å². The van der Waals surface area contributed by atoms with Gasteiger partial charge in [0.1, 0.15) is 5.82 Å². The van der Waals surface area contributed by atoms with Crippen LogP contribution < -0.4 is 5.32 Å². The van der Waals surface area contributed by atoms with Crippen LogP contribution in [-0.2, 0) is 6.54 Å². The molecule has 88 valence electrons. The van der Waals surface area contributed by atoms with Crippen molar-refractivity contribution >= 4 is 33.2 Å². The van der Waals surface area contributed by atoms with E-state index in [-0.39, 0.29) is 11.5 Å². The van der Waals surface area contributed by atoms with Crippen molar-refractivity contribution in [1.29, 1.82) is 0 Å². The normalized spacial score (nSPS) is 10.2. The predicted octanol–water partition coefficient (Wildman–Crippen LogP) is 2.97. The Morgan fingerprint density at radius 1 is 1.53 bits per heavy atom. The Bertz CT molecular complexity index is 530. The zero-order chi connectivity index (χ0) is 12.3. The third-order valence-electron chi connectivity index (χ3n) is 2.08. The molecule has 6 heteroatoms. The summed E-state index contributed by atoms with van der Waals surface area (Å²) in [6, 6.07) is 4.01. The van der Waals surface area contributed by atoms with E-state index in [4.69, 9.17) is 0 Å². The molecule has 17 heavy (non-hydrogen) atoms. The zero-order valence-electron chi connectivity index (χ0n) is 8.61. The third kappa shape index (κ3) is 3.10. The molecule has 0 aliphatic heterocycles. The van der Waals surface area contributed by atoms with Crippen LogP contribution in [0, 0.1) is 5.82 Å². The number of rotatable bonds is 3. The number of amides is 1. The summed E-state index contributed by atoms with van der Waals surface area (Å²) in [6.45, 7) is 0.395. The second kappa shape index (κ2) is 5.37. The average Bonchev–Trinajstić information content (AvgIpc) is 2.82. The maximum atomic E-state index is 13.0. The van der Waals surface area contributed by atoms with Crippen LogP contribution in [0.3, 0.4) is 0 Å². The number of benzene rings is 1. The molecule has 1 aromatic heterocycles. The van der Waals surface area contributed by atoms with E-state index >= 15 is 0 Å². The van der Waals surface area contributed by atoms with Gasteiger partial charge in [0, 0.05) is 15.5 Å². The van der Waals surface area contributed by atoms with E-state index < -0.39 is 5.82 Å². The van der Waals surface area contributed by atoms with E-state index in [1.54, 1.807) is 11.7 Å². The molecular formula is C11H8BrFN2OS. The number of nitrogens with one attached hydrogen (secondary N) is 1. The summed E-state index contributed by atoms with van der Waals surface area (Å²) in [5.41, 5.74) is 1.98. The molecule has 0 bridgehead atoms. The zero-order valence-corrected chi connectivity index (χ0v) is 11.0. The molecule has 0 atom stereocenters. The summed E-state index contributed by atoms with van der Waals surface area (Å²) < 4.78 is 13.6. The molecule has 0 spiro atoms. The van der Waals surface area contributed by atoms with Gasteiger partial charge in [-0.15, -0.1) is 11.3 Å². The highest BCUT2D eigenvalue weighted by molar-refractivity contribution is 9.10. The minimum Gasteiger partial charge on any atom is -0.347 e. The first-order valence-electron chi connectivity index (χ1n) is 4.77. The molecule has 2 rings (SSSR count). The van der Waals surface area contributed by atoms with Gasteiger partial charge in [0.2, 0.25) is 0 Å². The standard InChI is InChI=1S/C11H8BrFN2OS/c12-10-2-1-7(13)3-9(10)11(16)15-5-8-4-14-6-17-8/h1-4,6H,5H2,(H,15,16). The fourth-order valence-corrected chi connectivity index (χ4v) is 2.22. The monoisotopic (exact) mass is 314 g/mol. The summed E-state index contributed by atoms with van der Waals surface area (Å²) in [5, 5.41) is 2.70. The molecule has 0 radical (unpaired) electrons. The van der Waals surface area contributed by atoms with Crippen molar-refractivity contribution in [3.63, 3.8) is 0 Å². The molecule has 0 aliphatic rings. The minimum absolute atomic E-state index is 0.287. The number of halogens is 2. The van der Waals surface area contributed by atoms with Gasteiger partial charge in [0.15, 0.2) is 0 Å². The van der Waals surface area contributed by atoms with Gasteiger partial charge < -0.3 is 5.32 Å². The molecule has 0 saturated carbocycles. The van der Waals surface area contributed by atoms with Crippen LogP contribution in [-0.4, -0.2) is 10.9 Å². The smallest absolute Gasteiger partial charge is 0.252 e. The lowest BCUT2D eigenvalue weighted by Crippen LogP contribution is -2.22. The topological polar surface area (TPSA) is 42.0 Å². The maximum Gasteiger partial charge on any atom is 0.252 e. The number of thiazole rings is 1. The lowest BCUT2D eigenvalue weighted by atomic mass is 10.2. The van der Waals surface area contributed by atoms with Crippen molar-refractivity contribution in [2.24, 2.45) is 0 Å². The number of aromatic nitrogens is 1. The molecule has 3 nitrogen and oxygen atoms in total. The van der Waals surface area contributed by atoms with Crippen molar-refractivity contribution in [2.75, 3.05) is 0 Å². The number of carbonyl (C=O) groups is 1. The average molecular weight is 315 g/mol. The van der Waals surface area contributed by atoms with Crippen molar-refractivity contribution in [3.8, 4) is 0 Å². The van der Waals surface area contributed by atoms with Crippen molar-refractivity contribution in [2.45, 2.75) is 6.54 Å². The van der Waals surface area contributed by atoms with Crippen molar-refractivity contribution < 1.29 is 9.18 Å². The van der Waals surface area contributed by atoms with E-state index in [0.717, 1.165) is 4.88 Å². The number of hydrogen-bond acceptors (Lipinski definition) is 3. The molecular weight excluding hydrogens is 307 g/mol. The lowest BCUT2D eigenvalue weighted by molar-refractivity contribution is 0.0950. The molecule has 1 aromatic carbocycles. The summed E-state index contributed by atoms with van der Waals surface area (Å²) in [4.78, 5) is 16.6. The summed E-state index contributed by atoms with van der Waals surface area (Å²) in [7, 11) is 0. The number of nitrogens with zero attached hydrogens (tertiary/aromatic N) is 1. The Morgan fingerprint density at radius 2 is 2.35 bits per heavy atom. The van der Waals surface area contributed by atoms with E-state index in [9.17, 15) is 9.18 Å². The molecule has 0 unspecified atom stereocenters. The molecule has 1 heterocycles. The highest BCUT2D eigenvalue weighted by atomic mass is 79.9. The number of hydrogen-bond donors (Lipinski definition) is 1. The third-order valence-corrected chi connectivity index (χ3v) is 3.55. The molecule has 2 aromatic rings. The Hall–Kier alpha value is -1.27. The molecule has 1 N–H and O–H groups in total. The molecule has 0 aliphatic carbocycles. The summed E-state index contributed by atoms with van der Waals surface area (Å²) in [6.07, 6.45) is 1.69. The quantitative estimate of drug-likeness (QED) is 0.946. The summed E-state index contributed by atoms with van der Waals surface area (Å²) >= 11 is 4.67.